The Hall–Kier alpha value is -0.930. The summed E-state index contributed by atoms with van der Waals surface area (Å²) >= 11 is 0. The van der Waals surface area contributed by atoms with Crippen LogP contribution in [0, 0.1) is 11.7 Å². The molecule has 1 aromatic carbocycles. The second kappa shape index (κ2) is 7.61. The van der Waals surface area contributed by atoms with Crippen LogP contribution in [-0.4, -0.2) is 31.6 Å². The van der Waals surface area contributed by atoms with Gasteiger partial charge >= 0.3 is 0 Å². The molecule has 0 heterocycles. The molecule has 0 aromatic heterocycles. The van der Waals surface area contributed by atoms with Crippen LogP contribution in [0.2, 0.25) is 0 Å². The Labute approximate surface area is 117 Å². The van der Waals surface area contributed by atoms with Crippen LogP contribution in [0.4, 0.5) is 4.39 Å². The highest BCUT2D eigenvalue weighted by Crippen LogP contribution is 2.20. The molecule has 2 unspecified atom stereocenters. The van der Waals surface area contributed by atoms with Gasteiger partial charge in [-0.3, -0.25) is 0 Å². The molecule has 0 fully saturated rings. The molecule has 19 heavy (non-hydrogen) atoms. The molecule has 0 aliphatic carbocycles. The highest BCUT2D eigenvalue weighted by molar-refractivity contribution is 5.20. The number of halogens is 1. The van der Waals surface area contributed by atoms with Gasteiger partial charge in [0, 0.05) is 18.6 Å². The second-order valence-electron chi connectivity index (χ2n) is 5.80. The van der Waals surface area contributed by atoms with Crippen LogP contribution in [0.25, 0.3) is 0 Å². The molecular formula is C16H27FN2. The Kier molecular flexibility index (Phi) is 6.46. The maximum Gasteiger partial charge on any atom is 0.123 e. The lowest BCUT2D eigenvalue weighted by atomic mass is 9.98. The molecule has 0 radical (unpaired) electrons. The molecule has 0 amide bonds. The molecule has 1 rings (SSSR count). The maximum absolute atomic E-state index is 13.3. The van der Waals surface area contributed by atoms with Gasteiger partial charge < -0.3 is 10.2 Å². The van der Waals surface area contributed by atoms with Crippen molar-refractivity contribution in [3.63, 3.8) is 0 Å². The number of hydrogen-bond acceptors (Lipinski definition) is 2. The highest BCUT2D eigenvalue weighted by Gasteiger charge is 2.19. The van der Waals surface area contributed by atoms with Crippen molar-refractivity contribution in [2.75, 3.05) is 20.6 Å². The van der Waals surface area contributed by atoms with E-state index in [1.165, 1.54) is 6.07 Å². The molecule has 0 bridgehead atoms. The van der Waals surface area contributed by atoms with Crippen LogP contribution in [0.3, 0.4) is 0 Å². The average Bonchev–Trinajstić information content (AvgIpc) is 2.33. The van der Waals surface area contributed by atoms with Crippen molar-refractivity contribution in [1.29, 1.82) is 0 Å². The van der Waals surface area contributed by atoms with Crippen LogP contribution in [-0.2, 0) is 0 Å². The zero-order valence-electron chi connectivity index (χ0n) is 12.8. The molecule has 1 N–H and O–H groups in total. The Morgan fingerprint density at radius 1 is 1.26 bits per heavy atom. The molecule has 0 aliphatic heterocycles. The Bertz CT molecular complexity index is 377. The highest BCUT2D eigenvalue weighted by atomic mass is 19.1. The fourth-order valence-corrected chi connectivity index (χ4v) is 2.28. The average molecular weight is 266 g/mol. The Morgan fingerprint density at radius 3 is 2.42 bits per heavy atom. The van der Waals surface area contributed by atoms with Crippen molar-refractivity contribution in [3.05, 3.63) is 35.6 Å². The maximum atomic E-state index is 13.3. The van der Waals surface area contributed by atoms with E-state index in [0.29, 0.717) is 12.0 Å². The smallest absolute Gasteiger partial charge is 0.123 e. The normalized spacial score (nSPS) is 14.9. The predicted octanol–water partition coefficient (Wildman–Crippen LogP) is 3.45. The SMILES string of the molecule is CCC(NC(CN(C)C)C(C)C)c1cccc(F)c1. The van der Waals surface area contributed by atoms with E-state index in [9.17, 15) is 4.39 Å². The quantitative estimate of drug-likeness (QED) is 0.813. The fraction of sp³-hybridized carbons (Fsp3) is 0.625. The molecule has 3 heteroatoms. The van der Waals surface area contributed by atoms with Crippen molar-refractivity contribution in [1.82, 2.24) is 10.2 Å². The molecule has 0 saturated heterocycles. The topological polar surface area (TPSA) is 15.3 Å². The molecule has 2 atom stereocenters. The first-order valence-electron chi connectivity index (χ1n) is 7.10. The van der Waals surface area contributed by atoms with Crippen molar-refractivity contribution in [3.8, 4) is 0 Å². The lowest BCUT2D eigenvalue weighted by Gasteiger charge is -2.30. The van der Waals surface area contributed by atoms with Gasteiger partial charge in [-0.05, 0) is 44.1 Å². The first-order chi connectivity index (χ1) is 8.93. The van der Waals surface area contributed by atoms with E-state index >= 15 is 0 Å². The van der Waals surface area contributed by atoms with E-state index < -0.39 is 0 Å². The lowest BCUT2D eigenvalue weighted by Crippen LogP contribution is -2.43. The second-order valence-corrected chi connectivity index (χ2v) is 5.80. The van der Waals surface area contributed by atoms with Gasteiger partial charge in [-0.1, -0.05) is 32.9 Å². The summed E-state index contributed by atoms with van der Waals surface area (Å²) in [6.07, 6.45) is 0.958. The van der Waals surface area contributed by atoms with E-state index in [1.807, 2.05) is 6.07 Å². The van der Waals surface area contributed by atoms with E-state index in [1.54, 1.807) is 12.1 Å². The lowest BCUT2D eigenvalue weighted by molar-refractivity contribution is 0.266. The monoisotopic (exact) mass is 266 g/mol. The van der Waals surface area contributed by atoms with Crippen molar-refractivity contribution in [2.24, 2.45) is 5.92 Å². The zero-order valence-corrected chi connectivity index (χ0v) is 12.8. The standard InChI is InChI=1S/C16H27FN2/c1-6-15(13-8-7-9-14(17)10-13)18-16(12(2)3)11-19(4)5/h7-10,12,15-16,18H,6,11H2,1-5H3. The summed E-state index contributed by atoms with van der Waals surface area (Å²) in [5, 5.41) is 3.67. The van der Waals surface area contributed by atoms with Crippen LogP contribution < -0.4 is 5.32 Å². The summed E-state index contributed by atoms with van der Waals surface area (Å²) in [7, 11) is 4.17. The van der Waals surface area contributed by atoms with Crippen molar-refractivity contribution >= 4 is 0 Å². The summed E-state index contributed by atoms with van der Waals surface area (Å²) < 4.78 is 13.3. The number of nitrogens with one attached hydrogen (secondary N) is 1. The first kappa shape index (κ1) is 16.1. The van der Waals surface area contributed by atoms with E-state index in [-0.39, 0.29) is 11.9 Å². The summed E-state index contributed by atoms with van der Waals surface area (Å²) in [5.74, 6) is 0.386. The summed E-state index contributed by atoms with van der Waals surface area (Å²) in [6.45, 7) is 7.57. The molecule has 0 aliphatic rings. The molecule has 108 valence electrons. The first-order valence-corrected chi connectivity index (χ1v) is 7.10. The largest absolute Gasteiger partial charge is 0.308 e. The third-order valence-electron chi connectivity index (χ3n) is 3.44. The van der Waals surface area contributed by atoms with Gasteiger partial charge in [-0.25, -0.2) is 4.39 Å². The minimum Gasteiger partial charge on any atom is -0.308 e. The molecular weight excluding hydrogens is 239 g/mol. The van der Waals surface area contributed by atoms with Gasteiger partial charge in [-0.2, -0.15) is 0 Å². The zero-order chi connectivity index (χ0) is 14.4. The van der Waals surface area contributed by atoms with E-state index in [4.69, 9.17) is 0 Å². The van der Waals surface area contributed by atoms with Crippen LogP contribution in [0.5, 0.6) is 0 Å². The van der Waals surface area contributed by atoms with E-state index in [0.717, 1.165) is 18.5 Å². The van der Waals surface area contributed by atoms with Gasteiger partial charge in [-0.15, -0.1) is 0 Å². The van der Waals surface area contributed by atoms with Crippen LogP contribution in [0.15, 0.2) is 24.3 Å². The number of benzene rings is 1. The molecule has 2 nitrogen and oxygen atoms in total. The summed E-state index contributed by atoms with van der Waals surface area (Å²) in [4.78, 5) is 2.19. The van der Waals surface area contributed by atoms with Crippen LogP contribution in [0.1, 0.15) is 38.8 Å². The Balaban J connectivity index is 2.79. The number of rotatable bonds is 7. The van der Waals surface area contributed by atoms with Crippen molar-refractivity contribution < 1.29 is 4.39 Å². The van der Waals surface area contributed by atoms with Crippen LogP contribution >= 0.6 is 0 Å². The fourth-order valence-electron chi connectivity index (χ4n) is 2.28. The minimum absolute atomic E-state index is 0.161. The van der Waals surface area contributed by atoms with Gasteiger partial charge in [0.2, 0.25) is 0 Å². The summed E-state index contributed by atoms with van der Waals surface area (Å²) in [6, 6.07) is 7.53. The number of likely N-dealkylation sites (N-methyl/N-ethyl adjacent to an activating group) is 1. The van der Waals surface area contributed by atoms with Gasteiger partial charge in [0.25, 0.3) is 0 Å². The van der Waals surface area contributed by atoms with E-state index in [2.05, 4.69) is 45.1 Å². The summed E-state index contributed by atoms with van der Waals surface area (Å²) in [5.41, 5.74) is 1.03. The van der Waals surface area contributed by atoms with Gasteiger partial charge in [0.15, 0.2) is 0 Å². The number of nitrogens with zero attached hydrogens (tertiary/aromatic N) is 1. The number of hydrogen-bond donors (Lipinski definition) is 1. The Morgan fingerprint density at radius 2 is 1.95 bits per heavy atom. The molecule has 0 spiro atoms. The minimum atomic E-state index is -0.161. The molecule has 0 saturated carbocycles. The van der Waals surface area contributed by atoms with Gasteiger partial charge in [0.1, 0.15) is 5.82 Å². The van der Waals surface area contributed by atoms with Gasteiger partial charge in [0.05, 0.1) is 0 Å². The third-order valence-corrected chi connectivity index (χ3v) is 3.44. The molecule has 1 aromatic rings. The predicted molar refractivity (Wildman–Crippen MR) is 79.7 cm³/mol. The third kappa shape index (κ3) is 5.29. The van der Waals surface area contributed by atoms with Crippen molar-refractivity contribution in [2.45, 2.75) is 39.3 Å².